The van der Waals surface area contributed by atoms with Crippen molar-refractivity contribution in [1.29, 1.82) is 0 Å². The van der Waals surface area contributed by atoms with E-state index in [1.807, 2.05) is 29.8 Å². The smallest absolute Gasteiger partial charge is 0.146 e. The Kier molecular flexibility index (Phi) is 4.20. The number of anilines is 1. The second-order valence-corrected chi connectivity index (χ2v) is 4.64. The third-order valence-electron chi connectivity index (χ3n) is 2.69. The average molecular weight is 265 g/mol. The molecule has 5 heteroatoms. The van der Waals surface area contributed by atoms with E-state index in [1.165, 1.54) is 5.56 Å². The van der Waals surface area contributed by atoms with Crippen LogP contribution in [-0.4, -0.2) is 14.8 Å². The molecule has 1 N–H and O–H groups in total. The van der Waals surface area contributed by atoms with Gasteiger partial charge >= 0.3 is 0 Å². The third-order valence-corrected chi connectivity index (χ3v) is 3.02. The van der Waals surface area contributed by atoms with Gasteiger partial charge in [0.25, 0.3) is 0 Å². The predicted molar refractivity (Wildman–Crippen MR) is 73.8 cm³/mol. The lowest BCUT2D eigenvalue weighted by molar-refractivity contribution is 0.574. The first kappa shape index (κ1) is 12.9. The van der Waals surface area contributed by atoms with Crippen molar-refractivity contribution in [3.8, 4) is 0 Å². The van der Waals surface area contributed by atoms with Gasteiger partial charge in [-0.1, -0.05) is 24.6 Å². The van der Waals surface area contributed by atoms with Crippen molar-refractivity contribution in [2.45, 2.75) is 33.4 Å². The molecule has 0 atom stereocenters. The minimum absolute atomic E-state index is 0.628. The molecule has 0 saturated heterocycles. The molecule has 96 valence electrons. The quantitative estimate of drug-likeness (QED) is 0.901. The van der Waals surface area contributed by atoms with Gasteiger partial charge in [-0.15, -0.1) is 0 Å². The van der Waals surface area contributed by atoms with E-state index in [4.69, 9.17) is 11.6 Å². The summed E-state index contributed by atoms with van der Waals surface area (Å²) in [6, 6.07) is 5.92. The monoisotopic (exact) mass is 264 g/mol. The molecule has 0 aliphatic heterocycles. The van der Waals surface area contributed by atoms with Crippen molar-refractivity contribution < 1.29 is 0 Å². The van der Waals surface area contributed by atoms with Crippen molar-refractivity contribution in [1.82, 2.24) is 14.8 Å². The van der Waals surface area contributed by atoms with Gasteiger partial charge in [0.2, 0.25) is 0 Å². The number of halogens is 1. The molecule has 0 amide bonds. The van der Waals surface area contributed by atoms with Crippen LogP contribution in [-0.2, 0) is 13.1 Å². The van der Waals surface area contributed by atoms with Crippen molar-refractivity contribution >= 4 is 17.3 Å². The second kappa shape index (κ2) is 5.87. The van der Waals surface area contributed by atoms with Crippen molar-refractivity contribution in [2.24, 2.45) is 0 Å². The number of rotatable bonds is 5. The standard InChI is InChI=1S/C13H17ClN4/c1-3-6-18-13(16-9-17-18)8-15-12-7-10(2)4-5-11(12)14/h4-5,7,9,15H,3,6,8H2,1-2H3. The molecule has 1 aromatic carbocycles. The number of aromatic nitrogens is 3. The fourth-order valence-electron chi connectivity index (χ4n) is 1.77. The summed E-state index contributed by atoms with van der Waals surface area (Å²) in [5.41, 5.74) is 2.11. The molecule has 4 nitrogen and oxygen atoms in total. The van der Waals surface area contributed by atoms with Crippen LogP contribution >= 0.6 is 11.6 Å². The van der Waals surface area contributed by atoms with Crippen LogP contribution in [0.1, 0.15) is 24.7 Å². The summed E-state index contributed by atoms with van der Waals surface area (Å²) in [5.74, 6) is 0.925. The van der Waals surface area contributed by atoms with E-state index in [9.17, 15) is 0 Å². The van der Waals surface area contributed by atoms with E-state index in [0.29, 0.717) is 6.54 Å². The van der Waals surface area contributed by atoms with Gasteiger partial charge < -0.3 is 5.32 Å². The lowest BCUT2D eigenvalue weighted by Gasteiger charge is -2.09. The predicted octanol–water partition coefficient (Wildman–Crippen LogP) is 3.26. The molecule has 0 unspecified atom stereocenters. The molecular weight excluding hydrogens is 248 g/mol. The zero-order chi connectivity index (χ0) is 13.0. The van der Waals surface area contributed by atoms with Crippen LogP contribution < -0.4 is 5.32 Å². The Labute approximate surface area is 112 Å². The first-order valence-corrected chi connectivity index (χ1v) is 6.45. The molecule has 0 bridgehead atoms. The van der Waals surface area contributed by atoms with Gasteiger partial charge in [-0.2, -0.15) is 5.10 Å². The number of hydrogen-bond acceptors (Lipinski definition) is 3. The summed E-state index contributed by atoms with van der Waals surface area (Å²) in [6.07, 6.45) is 2.63. The first-order chi connectivity index (χ1) is 8.70. The number of aryl methyl sites for hydroxylation is 2. The first-order valence-electron chi connectivity index (χ1n) is 6.07. The lowest BCUT2D eigenvalue weighted by Crippen LogP contribution is -2.10. The van der Waals surface area contributed by atoms with Crippen LogP contribution in [0.25, 0.3) is 0 Å². The van der Waals surface area contributed by atoms with E-state index in [2.05, 4.69) is 22.3 Å². The Morgan fingerprint density at radius 3 is 3.00 bits per heavy atom. The zero-order valence-corrected chi connectivity index (χ0v) is 11.4. The van der Waals surface area contributed by atoms with Crippen LogP contribution in [0.4, 0.5) is 5.69 Å². The largest absolute Gasteiger partial charge is 0.377 e. The van der Waals surface area contributed by atoms with Gasteiger partial charge in [0, 0.05) is 6.54 Å². The second-order valence-electron chi connectivity index (χ2n) is 4.24. The molecule has 2 aromatic rings. The minimum atomic E-state index is 0.628. The van der Waals surface area contributed by atoms with Gasteiger partial charge in [-0.25, -0.2) is 9.67 Å². The van der Waals surface area contributed by atoms with Crippen LogP contribution in [0.3, 0.4) is 0 Å². The highest BCUT2D eigenvalue weighted by atomic mass is 35.5. The van der Waals surface area contributed by atoms with Crippen LogP contribution in [0.2, 0.25) is 5.02 Å². The van der Waals surface area contributed by atoms with E-state index < -0.39 is 0 Å². The highest BCUT2D eigenvalue weighted by Gasteiger charge is 2.05. The maximum atomic E-state index is 6.13. The Hall–Kier alpha value is -1.55. The molecule has 1 heterocycles. The fraction of sp³-hybridized carbons (Fsp3) is 0.385. The topological polar surface area (TPSA) is 42.7 Å². The summed E-state index contributed by atoms with van der Waals surface area (Å²) in [6.45, 7) is 5.68. The van der Waals surface area contributed by atoms with Crippen LogP contribution in [0, 0.1) is 6.92 Å². The summed E-state index contributed by atoms with van der Waals surface area (Å²) in [7, 11) is 0. The Bertz CT molecular complexity index is 521. The van der Waals surface area contributed by atoms with Crippen LogP contribution in [0.15, 0.2) is 24.5 Å². The molecule has 0 saturated carbocycles. The van der Waals surface area contributed by atoms with E-state index in [0.717, 1.165) is 29.5 Å². The Morgan fingerprint density at radius 2 is 2.22 bits per heavy atom. The number of benzene rings is 1. The third kappa shape index (κ3) is 3.01. The molecule has 0 fully saturated rings. The normalized spacial score (nSPS) is 10.6. The molecule has 0 aliphatic carbocycles. The van der Waals surface area contributed by atoms with Crippen molar-refractivity contribution in [2.75, 3.05) is 5.32 Å². The Morgan fingerprint density at radius 1 is 1.39 bits per heavy atom. The van der Waals surface area contributed by atoms with Crippen LogP contribution in [0.5, 0.6) is 0 Å². The van der Waals surface area contributed by atoms with Gasteiger partial charge in [-0.3, -0.25) is 0 Å². The van der Waals surface area contributed by atoms with Gasteiger partial charge in [0.05, 0.1) is 17.3 Å². The molecule has 0 spiro atoms. The fourth-order valence-corrected chi connectivity index (χ4v) is 1.96. The molecular formula is C13H17ClN4. The summed E-state index contributed by atoms with van der Waals surface area (Å²) < 4.78 is 1.91. The van der Waals surface area contributed by atoms with Crippen molar-refractivity contribution in [3.05, 3.63) is 40.9 Å². The van der Waals surface area contributed by atoms with E-state index >= 15 is 0 Å². The minimum Gasteiger partial charge on any atom is -0.377 e. The number of nitrogens with zero attached hydrogens (tertiary/aromatic N) is 3. The van der Waals surface area contributed by atoms with Crippen molar-refractivity contribution in [3.63, 3.8) is 0 Å². The zero-order valence-electron chi connectivity index (χ0n) is 10.7. The Balaban J connectivity index is 2.06. The van der Waals surface area contributed by atoms with E-state index in [-0.39, 0.29) is 0 Å². The maximum absolute atomic E-state index is 6.13. The molecule has 0 radical (unpaired) electrons. The highest BCUT2D eigenvalue weighted by Crippen LogP contribution is 2.23. The highest BCUT2D eigenvalue weighted by molar-refractivity contribution is 6.33. The van der Waals surface area contributed by atoms with Gasteiger partial charge in [0.15, 0.2) is 0 Å². The summed E-state index contributed by atoms with van der Waals surface area (Å²) in [5, 5.41) is 8.21. The van der Waals surface area contributed by atoms with E-state index in [1.54, 1.807) is 6.33 Å². The SMILES string of the molecule is CCCn1ncnc1CNc1cc(C)ccc1Cl. The molecule has 1 aromatic heterocycles. The van der Waals surface area contributed by atoms with Gasteiger partial charge in [-0.05, 0) is 31.0 Å². The number of nitrogens with one attached hydrogen (secondary N) is 1. The average Bonchev–Trinajstić information content (AvgIpc) is 2.78. The maximum Gasteiger partial charge on any atom is 0.146 e. The number of hydrogen-bond donors (Lipinski definition) is 1. The van der Waals surface area contributed by atoms with Gasteiger partial charge in [0.1, 0.15) is 12.2 Å². The molecule has 0 aliphatic rings. The molecule has 18 heavy (non-hydrogen) atoms. The summed E-state index contributed by atoms with van der Waals surface area (Å²) in [4.78, 5) is 4.25. The lowest BCUT2D eigenvalue weighted by atomic mass is 10.2. The summed E-state index contributed by atoms with van der Waals surface area (Å²) >= 11 is 6.13. The molecule has 2 rings (SSSR count).